The van der Waals surface area contributed by atoms with Crippen LogP contribution in [-0.2, 0) is 6.54 Å². The van der Waals surface area contributed by atoms with Crippen LogP contribution in [0.4, 0.5) is 5.69 Å². The molecule has 0 heterocycles. The van der Waals surface area contributed by atoms with Gasteiger partial charge in [-0.25, -0.2) is 4.79 Å². The van der Waals surface area contributed by atoms with Crippen LogP contribution in [0.15, 0.2) is 46.9 Å². The third kappa shape index (κ3) is 3.58. The molecule has 0 radical (unpaired) electrons. The minimum atomic E-state index is -0.915. The lowest BCUT2D eigenvalue weighted by molar-refractivity contribution is 0.0698. The minimum Gasteiger partial charge on any atom is -0.478 e. The first kappa shape index (κ1) is 13.6. The molecule has 2 aromatic carbocycles. The number of carboxylic acids is 1. The number of hydrogen-bond donors (Lipinski definition) is 2. The zero-order valence-corrected chi connectivity index (χ0v) is 12.1. The first-order valence-corrected chi connectivity index (χ1v) is 6.68. The van der Waals surface area contributed by atoms with Crippen molar-refractivity contribution in [2.45, 2.75) is 13.5 Å². The van der Waals surface area contributed by atoms with Crippen LogP contribution in [0.25, 0.3) is 0 Å². The maximum Gasteiger partial charge on any atom is 0.337 e. The molecule has 0 amide bonds. The molecule has 0 aliphatic rings. The molecule has 19 heavy (non-hydrogen) atoms. The van der Waals surface area contributed by atoms with Crippen molar-refractivity contribution >= 4 is 27.6 Å². The van der Waals surface area contributed by atoms with E-state index in [0.29, 0.717) is 17.8 Å². The van der Waals surface area contributed by atoms with Crippen molar-refractivity contribution in [3.05, 3.63) is 63.6 Å². The van der Waals surface area contributed by atoms with E-state index in [1.165, 1.54) is 0 Å². The van der Waals surface area contributed by atoms with Crippen LogP contribution < -0.4 is 5.32 Å². The summed E-state index contributed by atoms with van der Waals surface area (Å²) in [7, 11) is 0. The number of hydrogen-bond acceptors (Lipinski definition) is 2. The number of halogens is 1. The van der Waals surface area contributed by atoms with E-state index >= 15 is 0 Å². The molecule has 0 saturated heterocycles. The third-order valence-corrected chi connectivity index (χ3v) is 3.33. The van der Waals surface area contributed by atoms with Gasteiger partial charge in [-0.15, -0.1) is 0 Å². The minimum absolute atomic E-state index is 0.303. The van der Waals surface area contributed by atoms with Crippen molar-refractivity contribution in [1.29, 1.82) is 0 Å². The van der Waals surface area contributed by atoms with E-state index in [9.17, 15) is 9.90 Å². The Bertz CT molecular complexity index is 594. The van der Waals surface area contributed by atoms with E-state index in [-0.39, 0.29) is 0 Å². The van der Waals surface area contributed by atoms with Crippen LogP contribution in [0, 0.1) is 6.92 Å². The molecule has 2 aromatic rings. The summed E-state index contributed by atoms with van der Waals surface area (Å²) >= 11 is 3.38. The molecule has 0 fully saturated rings. The molecule has 0 spiro atoms. The Labute approximate surface area is 120 Å². The number of carboxylic acid groups (broad SMARTS) is 1. The van der Waals surface area contributed by atoms with Crippen LogP contribution in [0.2, 0.25) is 0 Å². The molecular weight excluding hydrogens is 306 g/mol. The van der Waals surface area contributed by atoms with Gasteiger partial charge in [0.15, 0.2) is 0 Å². The van der Waals surface area contributed by atoms with Crippen LogP contribution in [0.1, 0.15) is 21.5 Å². The van der Waals surface area contributed by atoms with Gasteiger partial charge in [-0.3, -0.25) is 0 Å². The Kier molecular flexibility index (Phi) is 4.22. The number of aromatic carboxylic acids is 1. The quantitative estimate of drug-likeness (QED) is 0.893. The molecule has 0 unspecified atom stereocenters. The van der Waals surface area contributed by atoms with Crippen molar-refractivity contribution in [2.75, 3.05) is 5.32 Å². The number of rotatable bonds is 4. The molecule has 98 valence electrons. The fourth-order valence-electron chi connectivity index (χ4n) is 1.79. The SMILES string of the molecule is Cc1ccc(NCc2ccc(Br)cc2)c(C(=O)O)c1. The van der Waals surface area contributed by atoms with Crippen molar-refractivity contribution in [2.24, 2.45) is 0 Å². The van der Waals surface area contributed by atoms with Crippen molar-refractivity contribution in [3.63, 3.8) is 0 Å². The topological polar surface area (TPSA) is 49.3 Å². The van der Waals surface area contributed by atoms with Crippen LogP contribution in [0.3, 0.4) is 0 Å². The maximum absolute atomic E-state index is 11.2. The normalized spacial score (nSPS) is 10.2. The highest BCUT2D eigenvalue weighted by Crippen LogP contribution is 2.19. The molecule has 0 aromatic heterocycles. The summed E-state index contributed by atoms with van der Waals surface area (Å²) < 4.78 is 1.03. The lowest BCUT2D eigenvalue weighted by Crippen LogP contribution is -2.06. The molecule has 0 aliphatic carbocycles. The molecule has 2 N–H and O–H groups in total. The second-order valence-corrected chi connectivity index (χ2v) is 5.25. The van der Waals surface area contributed by atoms with Gasteiger partial charge in [0.1, 0.15) is 0 Å². The molecule has 0 saturated carbocycles. The van der Waals surface area contributed by atoms with E-state index in [1.807, 2.05) is 37.3 Å². The highest BCUT2D eigenvalue weighted by Gasteiger charge is 2.09. The van der Waals surface area contributed by atoms with Crippen molar-refractivity contribution in [3.8, 4) is 0 Å². The summed E-state index contributed by atoms with van der Waals surface area (Å²) in [6.45, 7) is 2.47. The average Bonchev–Trinajstić information content (AvgIpc) is 2.39. The number of aryl methyl sites for hydroxylation is 1. The molecule has 3 nitrogen and oxygen atoms in total. The predicted octanol–water partition coefficient (Wildman–Crippen LogP) is 4.07. The summed E-state index contributed by atoms with van der Waals surface area (Å²) in [5, 5.41) is 12.3. The van der Waals surface area contributed by atoms with Crippen molar-refractivity contribution in [1.82, 2.24) is 0 Å². The zero-order chi connectivity index (χ0) is 13.8. The lowest BCUT2D eigenvalue weighted by Gasteiger charge is -2.10. The van der Waals surface area contributed by atoms with Gasteiger partial charge in [0.2, 0.25) is 0 Å². The monoisotopic (exact) mass is 319 g/mol. The Morgan fingerprint density at radius 2 is 1.89 bits per heavy atom. The Morgan fingerprint density at radius 1 is 1.21 bits per heavy atom. The van der Waals surface area contributed by atoms with Gasteiger partial charge in [0, 0.05) is 16.7 Å². The fraction of sp³-hybridized carbons (Fsp3) is 0.133. The number of benzene rings is 2. The Balaban J connectivity index is 2.15. The van der Waals surface area contributed by atoms with Crippen LogP contribution >= 0.6 is 15.9 Å². The number of carbonyl (C=O) groups is 1. The standard InChI is InChI=1S/C15H14BrNO2/c1-10-2-7-14(13(8-10)15(18)19)17-9-11-3-5-12(16)6-4-11/h2-8,17H,9H2,1H3,(H,18,19). The van der Waals surface area contributed by atoms with Gasteiger partial charge >= 0.3 is 5.97 Å². The maximum atomic E-state index is 11.2. The fourth-order valence-corrected chi connectivity index (χ4v) is 2.05. The summed E-state index contributed by atoms with van der Waals surface area (Å²) in [5.41, 5.74) is 2.98. The van der Waals surface area contributed by atoms with Gasteiger partial charge < -0.3 is 10.4 Å². The summed E-state index contributed by atoms with van der Waals surface area (Å²) in [5.74, 6) is -0.915. The van der Waals surface area contributed by atoms with Crippen molar-refractivity contribution < 1.29 is 9.90 Å². The number of anilines is 1. The second-order valence-electron chi connectivity index (χ2n) is 4.33. The molecular formula is C15H14BrNO2. The molecule has 2 rings (SSSR count). The highest BCUT2D eigenvalue weighted by atomic mass is 79.9. The largest absolute Gasteiger partial charge is 0.478 e. The Morgan fingerprint density at radius 3 is 2.53 bits per heavy atom. The van der Waals surface area contributed by atoms with E-state index < -0.39 is 5.97 Å². The van der Waals surface area contributed by atoms with Crippen LogP contribution in [-0.4, -0.2) is 11.1 Å². The summed E-state index contributed by atoms with van der Waals surface area (Å²) in [6.07, 6.45) is 0. The van der Waals surface area contributed by atoms with Gasteiger partial charge in [0.05, 0.1) is 5.56 Å². The molecule has 0 atom stereocenters. The third-order valence-electron chi connectivity index (χ3n) is 2.80. The molecule has 0 bridgehead atoms. The van der Waals surface area contributed by atoms with E-state index in [4.69, 9.17) is 0 Å². The van der Waals surface area contributed by atoms with Gasteiger partial charge in [-0.05, 0) is 36.8 Å². The van der Waals surface area contributed by atoms with E-state index in [1.54, 1.807) is 12.1 Å². The van der Waals surface area contributed by atoms with Gasteiger partial charge in [0.25, 0.3) is 0 Å². The van der Waals surface area contributed by atoms with Gasteiger partial charge in [-0.1, -0.05) is 39.7 Å². The summed E-state index contributed by atoms with van der Waals surface area (Å²) in [6, 6.07) is 13.3. The second kappa shape index (κ2) is 5.89. The van der Waals surface area contributed by atoms with Crippen LogP contribution in [0.5, 0.6) is 0 Å². The highest BCUT2D eigenvalue weighted by molar-refractivity contribution is 9.10. The predicted molar refractivity (Wildman–Crippen MR) is 79.6 cm³/mol. The van der Waals surface area contributed by atoms with Gasteiger partial charge in [-0.2, -0.15) is 0 Å². The molecule has 4 heteroatoms. The Hall–Kier alpha value is -1.81. The van der Waals surface area contributed by atoms with E-state index in [0.717, 1.165) is 15.6 Å². The first-order valence-electron chi connectivity index (χ1n) is 5.88. The lowest BCUT2D eigenvalue weighted by atomic mass is 10.1. The summed E-state index contributed by atoms with van der Waals surface area (Å²) in [4.78, 5) is 11.2. The molecule has 0 aliphatic heterocycles. The first-order chi connectivity index (χ1) is 9.06. The van der Waals surface area contributed by atoms with E-state index in [2.05, 4.69) is 21.2 Å². The smallest absolute Gasteiger partial charge is 0.337 e. The zero-order valence-electron chi connectivity index (χ0n) is 10.5. The average molecular weight is 320 g/mol. The number of nitrogens with one attached hydrogen (secondary N) is 1.